The Morgan fingerprint density at radius 2 is 1.95 bits per heavy atom. The number of carbonyl (C=O) groups is 2. The number of ether oxygens (including phenoxy) is 2. The number of nitrogens with zero attached hydrogens (tertiary/aromatic N) is 4. The van der Waals surface area contributed by atoms with Crippen LogP contribution in [-0.2, 0) is 16.5 Å². The Kier molecular flexibility index (Phi) is 9.34. The molecular weight excluding hydrogens is 578 g/mol. The molecule has 1 aromatic heterocycles. The van der Waals surface area contributed by atoms with Gasteiger partial charge in [-0.25, -0.2) is 14.6 Å². The number of aliphatic imine (C=N–C) groups is 1. The summed E-state index contributed by atoms with van der Waals surface area (Å²) >= 11 is 6.64. The van der Waals surface area contributed by atoms with E-state index in [0.717, 1.165) is 53.8 Å². The highest BCUT2D eigenvalue weighted by molar-refractivity contribution is 6.30. The smallest absolute Gasteiger partial charge is 0.410 e. The number of aromatic nitrogens is 2. The van der Waals surface area contributed by atoms with Crippen LogP contribution in [0.15, 0.2) is 66.7 Å². The topological polar surface area (TPSA) is 98.0 Å². The molecule has 2 unspecified atom stereocenters. The molecule has 2 atom stereocenters. The Morgan fingerprint density at radius 1 is 1.23 bits per heavy atom. The highest BCUT2D eigenvalue weighted by Crippen LogP contribution is 2.45. The number of alkyl carbamates (subject to hydrolysis) is 1. The molecule has 1 aliphatic heterocycles. The van der Waals surface area contributed by atoms with E-state index in [9.17, 15) is 9.59 Å². The zero-order valence-corrected chi connectivity index (χ0v) is 26.8. The molecule has 1 N–H and O–H groups in total. The number of hydrogen-bond acceptors (Lipinski definition) is 6. The van der Waals surface area contributed by atoms with Gasteiger partial charge in [0.05, 0.1) is 36.6 Å². The van der Waals surface area contributed by atoms with Crippen LogP contribution < -0.4 is 5.32 Å². The van der Waals surface area contributed by atoms with Crippen LogP contribution in [0.5, 0.6) is 0 Å². The van der Waals surface area contributed by atoms with Crippen LogP contribution in [0.2, 0.25) is 5.02 Å². The van der Waals surface area contributed by atoms with Crippen LogP contribution in [0.1, 0.15) is 75.2 Å². The quantitative estimate of drug-likeness (QED) is 0.353. The van der Waals surface area contributed by atoms with Gasteiger partial charge < -0.3 is 24.3 Å². The van der Waals surface area contributed by atoms with Crippen LogP contribution in [0.4, 0.5) is 9.59 Å². The number of piperidine rings is 1. The van der Waals surface area contributed by atoms with Crippen molar-refractivity contribution >= 4 is 35.1 Å². The highest BCUT2D eigenvalue weighted by Gasteiger charge is 2.39. The molecule has 1 aromatic carbocycles. The number of likely N-dealkylation sites (tertiary alicyclic amines) is 1. The van der Waals surface area contributed by atoms with Crippen molar-refractivity contribution < 1.29 is 19.1 Å². The average Bonchev–Trinajstić information content (AvgIpc) is 3.73. The van der Waals surface area contributed by atoms with Gasteiger partial charge in [0.2, 0.25) is 0 Å². The predicted molar refractivity (Wildman–Crippen MR) is 173 cm³/mol. The third kappa shape index (κ3) is 7.26. The Hall–Kier alpha value is -3.85. The monoisotopic (exact) mass is 619 g/mol. The van der Waals surface area contributed by atoms with Crippen molar-refractivity contribution in [1.82, 2.24) is 19.8 Å². The molecule has 44 heavy (non-hydrogen) atoms. The first-order valence-corrected chi connectivity index (χ1v) is 15.6. The molecule has 0 bridgehead atoms. The van der Waals surface area contributed by atoms with Crippen LogP contribution in [-0.4, -0.2) is 57.6 Å². The maximum Gasteiger partial charge on any atom is 0.410 e. The number of imidazole rings is 1. The zero-order valence-electron chi connectivity index (χ0n) is 26.0. The first-order chi connectivity index (χ1) is 20.9. The van der Waals surface area contributed by atoms with E-state index >= 15 is 0 Å². The van der Waals surface area contributed by atoms with Crippen molar-refractivity contribution in [2.24, 2.45) is 23.9 Å². The lowest BCUT2D eigenvalue weighted by Gasteiger charge is -2.37. The maximum absolute atomic E-state index is 13.1. The van der Waals surface area contributed by atoms with Crippen molar-refractivity contribution in [2.75, 3.05) is 19.7 Å². The number of hydrogen-bond donors (Lipinski definition) is 1. The molecule has 9 nitrogen and oxygen atoms in total. The van der Waals surface area contributed by atoms with Gasteiger partial charge in [-0.15, -0.1) is 0 Å². The fraction of sp³-hybridized carbons (Fsp3) is 0.471. The lowest BCUT2D eigenvalue weighted by Crippen LogP contribution is -2.43. The largest absolute Gasteiger partial charge is 0.449 e. The lowest BCUT2D eigenvalue weighted by molar-refractivity contribution is 0.0181. The molecule has 1 saturated carbocycles. The van der Waals surface area contributed by atoms with E-state index in [1.165, 1.54) is 0 Å². The molecule has 10 heteroatoms. The van der Waals surface area contributed by atoms with Crippen LogP contribution in [0.25, 0.3) is 5.57 Å². The summed E-state index contributed by atoms with van der Waals surface area (Å²) in [4.78, 5) is 36.8. The minimum absolute atomic E-state index is 0.142. The highest BCUT2D eigenvalue weighted by atomic mass is 35.5. The van der Waals surface area contributed by atoms with Gasteiger partial charge in [-0.2, -0.15) is 0 Å². The molecular formula is C34H42ClN5O4. The number of rotatable bonds is 7. The lowest BCUT2D eigenvalue weighted by atomic mass is 9.75. The number of allylic oxidation sites excluding steroid dienone is 2. The molecule has 3 aliphatic rings. The molecule has 2 aromatic rings. The SMILES string of the molecule is C=CN=C1C(=C)C=C(C(NC(=O)OCC2CC2)c2cncn2C)c2cc(Cl)ccc2C1C1CCN(C(=O)OC(C)(C)C)CC1. The van der Waals surface area contributed by atoms with E-state index in [4.69, 9.17) is 26.1 Å². The Balaban J connectivity index is 1.53. The third-order valence-corrected chi connectivity index (χ3v) is 8.61. The summed E-state index contributed by atoms with van der Waals surface area (Å²) in [6.07, 6.45) is 9.85. The second kappa shape index (κ2) is 13.0. The zero-order chi connectivity index (χ0) is 31.6. The van der Waals surface area contributed by atoms with Gasteiger partial charge in [-0.3, -0.25) is 4.99 Å². The fourth-order valence-corrected chi connectivity index (χ4v) is 6.22. The summed E-state index contributed by atoms with van der Waals surface area (Å²) in [5.41, 5.74) is 4.47. The van der Waals surface area contributed by atoms with Crippen molar-refractivity contribution in [3.63, 3.8) is 0 Å². The van der Waals surface area contributed by atoms with E-state index < -0.39 is 17.7 Å². The predicted octanol–water partition coefficient (Wildman–Crippen LogP) is 7.22. The van der Waals surface area contributed by atoms with E-state index in [1.807, 2.05) is 56.7 Å². The second-order valence-corrected chi connectivity index (χ2v) is 13.3. The summed E-state index contributed by atoms with van der Waals surface area (Å²) < 4.78 is 13.1. The minimum atomic E-state index is -0.596. The number of fused-ring (bicyclic) bond motifs is 1. The fourth-order valence-electron chi connectivity index (χ4n) is 6.05. The first kappa shape index (κ1) is 31.6. The summed E-state index contributed by atoms with van der Waals surface area (Å²) in [6.45, 7) is 15.5. The number of amides is 2. The van der Waals surface area contributed by atoms with Gasteiger partial charge in [0, 0.05) is 37.3 Å². The molecule has 2 fully saturated rings. The van der Waals surface area contributed by atoms with Crippen molar-refractivity contribution in [1.29, 1.82) is 0 Å². The number of carbonyl (C=O) groups excluding carboxylic acids is 2. The molecule has 5 rings (SSSR count). The molecule has 2 aliphatic carbocycles. The van der Waals surface area contributed by atoms with Gasteiger partial charge in [0.1, 0.15) is 5.60 Å². The van der Waals surface area contributed by atoms with E-state index in [-0.39, 0.29) is 17.9 Å². The molecule has 1 saturated heterocycles. The average molecular weight is 620 g/mol. The first-order valence-electron chi connectivity index (χ1n) is 15.2. The van der Waals surface area contributed by atoms with Gasteiger partial charge in [0.15, 0.2) is 0 Å². The molecule has 2 amide bonds. The summed E-state index contributed by atoms with van der Waals surface area (Å²) in [5.74, 6) is 0.451. The van der Waals surface area contributed by atoms with Crippen molar-refractivity contribution in [3.8, 4) is 0 Å². The van der Waals surface area contributed by atoms with Gasteiger partial charge in [0.25, 0.3) is 0 Å². The molecule has 2 heterocycles. The van der Waals surface area contributed by atoms with Gasteiger partial charge in [-0.05, 0) is 98.8 Å². The number of aryl methyl sites for hydroxylation is 1. The summed E-state index contributed by atoms with van der Waals surface area (Å²) in [6, 6.07) is 5.27. The molecule has 0 spiro atoms. The standard InChI is InChI=1S/C34H42ClN5O4/c1-7-37-30-21(2)16-27(31(28-18-36-20-39(28)6)38-32(41)43-19-22-8-9-22)26-17-24(35)10-11-25(26)29(30)23-12-14-40(15-13-23)33(42)44-34(3,4)5/h7,10-11,16-18,20,22-23,29,31H,1-2,8-9,12-15,19H2,3-6H3,(H,38,41). The normalized spacial score (nSPS) is 20.8. The van der Waals surface area contributed by atoms with Crippen LogP contribution >= 0.6 is 11.6 Å². The van der Waals surface area contributed by atoms with Crippen LogP contribution in [0, 0.1) is 11.8 Å². The van der Waals surface area contributed by atoms with Gasteiger partial charge in [-0.1, -0.05) is 30.8 Å². The molecule has 0 radical (unpaired) electrons. The van der Waals surface area contributed by atoms with Crippen molar-refractivity contribution in [3.05, 3.63) is 83.6 Å². The Bertz CT molecular complexity index is 1490. The second-order valence-electron chi connectivity index (χ2n) is 12.9. The molecule has 234 valence electrons. The van der Waals surface area contributed by atoms with E-state index in [2.05, 4.69) is 23.5 Å². The van der Waals surface area contributed by atoms with E-state index in [0.29, 0.717) is 36.2 Å². The summed E-state index contributed by atoms with van der Waals surface area (Å²) in [5, 5.41) is 3.68. The van der Waals surface area contributed by atoms with E-state index in [1.54, 1.807) is 23.6 Å². The minimum Gasteiger partial charge on any atom is -0.449 e. The Morgan fingerprint density at radius 3 is 2.57 bits per heavy atom. The van der Waals surface area contributed by atoms with Gasteiger partial charge >= 0.3 is 12.2 Å². The summed E-state index contributed by atoms with van der Waals surface area (Å²) in [7, 11) is 1.89. The van der Waals surface area contributed by atoms with Crippen molar-refractivity contribution in [2.45, 2.75) is 64.0 Å². The number of nitrogens with one attached hydrogen (secondary N) is 1. The number of halogens is 1. The number of benzene rings is 1. The van der Waals surface area contributed by atoms with Crippen LogP contribution in [0.3, 0.4) is 0 Å². The third-order valence-electron chi connectivity index (χ3n) is 8.38. The Labute approximate surface area is 264 Å². The maximum atomic E-state index is 13.1.